The third kappa shape index (κ3) is 3.99. The van der Waals surface area contributed by atoms with Gasteiger partial charge in [0.1, 0.15) is 11.8 Å². The first-order chi connectivity index (χ1) is 14.0. The summed E-state index contributed by atoms with van der Waals surface area (Å²) in [7, 11) is 1.54. The van der Waals surface area contributed by atoms with E-state index in [1.54, 1.807) is 25.3 Å². The molecular weight excluding hydrogens is 378 g/mol. The van der Waals surface area contributed by atoms with E-state index in [-0.39, 0.29) is 23.4 Å². The molecule has 1 aromatic heterocycles. The molecule has 1 atom stereocenters. The third-order valence-electron chi connectivity index (χ3n) is 4.61. The molecular formula is C20H19N3O6. The number of rotatable bonds is 7. The second kappa shape index (κ2) is 8.61. The molecule has 2 aromatic rings. The summed E-state index contributed by atoms with van der Waals surface area (Å²) in [6, 6.07) is 9.36. The zero-order chi connectivity index (χ0) is 21.0. The number of non-ortho nitro benzene ring substituents is 1. The van der Waals surface area contributed by atoms with E-state index in [0.29, 0.717) is 18.7 Å². The quantitative estimate of drug-likeness (QED) is 0.190. The number of aliphatic hydroxyl groups excluding tert-OH is 1. The molecule has 0 spiro atoms. The van der Waals surface area contributed by atoms with Gasteiger partial charge < -0.3 is 14.7 Å². The predicted molar refractivity (Wildman–Crippen MR) is 103 cm³/mol. The number of carbonyl (C=O) groups is 2. The second-order valence-corrected chi connectivity index (χ2v) is 6.40. The first-order valence-corrected chi connectivity index (χ1v) is 8.88. The number of ketones is 1. The number of likely N-dealkylation sites (tertiary alicyclic amines) is 1. The molecule has 29 heavy (non-hydrogen) atoms. The molecule has 1 aliphatic heterocycles. The van der Waals surface area contributed by atoms with Crippen molar-refractivity contribution in [1.82, 2.24) is 9.88 Å². The maximum Gasteiger partial charge on any atom is 0.295 e. The Morgan fingerprint density at radius 2 is 1.97 bits per heavy atom. The van der Waals surface area contributed by atoms with Gasteiger partial charge >= 0.3 is 0 Å². The average molecular weight is 397 g/mol. The summed E-state index contributed by atoms with van der Waals surface area (Å²) in [4.78, 5) is 41.3. The first-order valence-electron chi connectivity index (χ1n) is 8.88. The van der Waals surface area contributed by atoms with Crippen molar-refractivity contribution in [2.24, 2.45) is 0 Å². The number of aromatic nitrogens is 1. The zero-order valence-corrected chi connectivity index (χ0v) is 15.6. The van der Waals surface area contributed by atoms with Crippen LogP contribution in [-0.4, -0.2) is 51.9 Å². The van der Waals surface area contributed by atoms with Crippen molar-refractivity contribution in [2.45, 2.75) is 12.5 Å². The van der Waals surface area contributed by atoms with Crippen LogP contribution in [0.5, 0.6) is 0 Å². The van der Waals surface area contributed by atoms with Crippen LogP contribution < -0.4 is 0 Å². The molecule has 1 N–H and O–H groups in total. The highest BCUT2D eigenvalue weighted by Crippen LogP contribution is 2.38. The summed E-state index contributed by atoms with van der Waals surface area (Å²) in [6.07, 6.45) is 2.04. The van der Waals surface area contributed by atoms with Gasteiger partial charge in [0, 0.05) is 44.2 Å². The summed E-state index contributed by atoms with van der Waals surface area (Å²) in [5.74, 6) is -1.96. The van der Waals surface area contributed by atoms with Crippen LogP contribution >= 0.6 is 0 Å². The number of nitro groups is 1. The predicted octanol–water partition coefficient (Wildman–Crippen LogP) is 2.45. The molecule has 0 bridgehead atoms. The minimum atomic E-state index is -0.858. The van der Waals surface area contributed by atoms with E-state index >= 15 is 0 Å². The molecule has 9 heteroatoms. The van der Waals surface area contributed by atoms with Gasteiger partial charge in [-0.2, -0.15) is 0 Å². The monoisotopic (exact) mass is 397 g/mol. The van der Waals surface area contributed by atoms with Crippen molar-refractivity contribution in [3.8, 4) is 0 Å². The smallest absolute Gasteiger partial charge is 0.295 e. The fraction of sp³-hybridized carbons (Fsp3) is 0.250. The number of nitrogens with zero attached hydrogens (tertiary/aromatic N) is 3. The second-order valence-electron chi connectivity index (χ2n) is 6.40. The Balaban J connectivity index is 2.08. The van der Waals surface area contributed by atoms with Gasteiger partial charge in [0.15, 0.2) is 0 Å². The number of Topliss-reactive ketones (excluding diaryl/α,β-unsaturated/α-hetero) is 1. The molecule has 150 valence electrons. The van der Waals surface area contributed by atoms with Crippen molar-refractivity contribution in [3.05, 3.63) is 75.6 Å². The van der Waals surface area contributed by atoms with Crippen molar-refractivity contribution in [1.29, 1.82) is 0 Å². The summed E-state index contributed by atoms with van der Waals surface area (Å²) < 4.78 is 5.02. The Kier molecular flexibility index (Phi) is 5.99. The van der Waals surface area contributed by atoms with Gasteiger partial charge in [-0.3, -0.25) is 24.7 Å². The topological polar surface area (TPSA) is 123 Å². The summed E-state index contributed by atoms with van der Waals surface area (Å²) in [5, 5.41) is 21.7. The lowest BCUT2D eigenvalue weighted by molar-refractivity contribution is -0.384. The molecule has 0 radical (unpaired) electrons. The molecule has 1 saturated heterocycles. The number of hydrogen-bond donors (Lipinski definition) is 1. The Morgan fingerprint density at radius 3 is 2.55 bits per heavy atom. The van der Waals surface area contributed by atoms with Crippen LogP contribution in [0.3, 0.4) is 0 Å². The van der Waals surface area contributed by atoms with Crippen LogP contribution in [-0.2, 0) is 14.3 Å². The molecule has 1 unspecified atom stereocenters. The van der Waals surface area contributed by atoms with Crippen molar-refractivity contribution in [2.75, 3.05) is 20.3 Å². The number of hydrogen-bond acceptors (Lipinski definition) is 7. The Labute approximate surface area is 166 Å². The molecule has 1 fully saturated rings. The van der Waals surface area contributed by atoms with E-state index in [1.165, 1.54) is 35.4 Å². The number of aliphatic hydroxyl groups is 1. The lowest BCUT2D eigenvalue weighted by Gasteiger charge is -2.24. The highest BCUT2D eigenvalue weighted by Gasteiger charge is 2.46. The van der Waals surface area contributed by atoms with Gasteiger partial charge in [0.05, 0.1) is 16.2 Å². The van der Waals surface area contributed by atoms with E-state index < -0.39 is 28.4 Å². The lowest BCUT2D eigenvalue weighted by atomic mass is 9.98. The number of pyridine rings is 1. The maximum atomic E-state index is 12.7. The number of ether oxygens (including phenoxy) is 1. The molecule has 9 nitrogen and oxygen atoms in total. The normalized spacial score (nSPS) is 18.2. The molecule has 3 rings (SSSR count). The molecule has 2 heterocycles. The Morgan fingerprint density at radius 1 is 1.24 bits per heavy atom. The maximum absolute atomic E-state index is 12.7. The van der Waals surface area contributed by atoms with Gasteiger partial charge in [-0.05, 0) is 30.7 Å². The fourth-order valence-corrected chi connectivity index (χ4v) is 3.23. The van der Waals surface area contributed by atoms with Gasteiger partial charge in [-0.25, -0.2) is 0 Å². The summed E-state index contributed by atoms with van der Waals surface area (Å²) >= 11 is 0. The minimum absolute atomic E-state index is 0.0973. The lowest BCUT2D eigenvalue weighted by Crippen LogP contribution is -2.31. The van der Waals surface area contributed by atoms with Crippen molar-refractivity contribution < 1.29 is 24.4 Å². The highest BCUT2D eigenvalue weighted by atomic mass is 16.6. The number of nitro benzene ring substituents is 1. The molecule has 1 amide bonds. The fourth-order valence-electron chi connectivity index (χ4n) is 3.23. The summed E-state index contributed by atoms with van der Waals surface area (Å²) in [5.41, 5.74) is 0.391. The van der Waals surface area contributed by atoms with E-state index in [4.69, 9.17) is 4.74 Å². The van der Waals surface area contributed by atoms with E-state index in [0.717, 1.165) is 0 Å². The van der Waals surface area contributed by atoms with Crippen LogP contribution in [0.1, 0.15) is 23.7 Å². The Bertz CT molecular complexity index is 956. The van der Waals surface area contributed by atoms with Crippen molar-refractivity contribution in [3.63, 3.8) is 0 Å². The van der Waals surface area contributed by atoms with E-state index in [2.05, 4.69) is 4.98 Å². The van der Waals surface area contributed by atoms with Crippen LogP contribution in [0, 0.1) is 10.1 Å². The Hall–Kier alpha value is -3.59. The number of benzene rings is 1. The molecule has 0 aliphatic carbocycles. The van der Waals surface area contributed by atoms with Crippen LogP contribution in [0.15, 0.2) is 54.2 Å². The standard InChI is InChI=1S/C20H19N3O6/c1-29-12-4-11-22-17(15-5-2-3-10-21-15)16(19(25)20(22)26)18(24)13-6-8-14(9-7-13)23(27)28/h2-3,5-10,17,24H,4,11-12H2,1H3/b18-16-. The third-order valence-corrected chi connectivity index (χ3v) is 4.61. The van der Waals surface area contributed by atoms with E-state index in [9.17, 15) is 24.8 Å². The molecule has 1 aromatic carbocycles. The molecule has 1 aliphatic rings. The molecule has 0 saturated carbocycles. The average Bonchev–Trinajstić information content (AvgIpc) is 2.99. The summed E-state index contributed by atoms with van der Waals surface area (Å²) in [6.45, 7) is 0.650. The largest absolute Gasteiger partial charge is 0.507 e. The van der Waals surface area contributed by atoms with Crippen molar-refractivity contribution >= 4 is 23.1 Å². The van der Waals surface area contributed by atoms with Gasteiger partial charge in [0.2, 0.25) is 0 Å². The van der Waals surface area contributed by atoms with Gasteiger partial charge in [-0.15, -0.1) is 0 Å². The number of carbonyl (C=O) groups excluding carboxylic acids is 2. The first kappa shape index (κ1) is 20.2. The number of methoxy groups -OCH3 is 1. The van der Waals surface area contributed by atoms with Crippen LogP contribution in [0.2, 0.25) is 0 Å². The van der Waals surface area contributed by atoms with Crippen LogP contribution in [0.25, 0.3) is 5.76 Å². The minimum Gasteiger partial charge on any atom is -0.507 e. The van der Waals surface area contributed by atoms with E-state index in [1.807, 2.05) is 0 Å². The van der Waals surface area contributed by atoms with Crippen LogP contribution in [0.4, 0.5) is 5.69 Å². The van der Waals surface area contributed by atoms with Gasteiger partial charge in [-0.1, -0.05) is 6.07 Å². The highest BCUT2D eigenvalue weighted by molar-refractivity contribution is 6.46. The zero-order valence-electron chi connectivity index (χ0n) is 15.6. The number of amides is 1. The van der Waals surface area contributed by atoms with Gasteiger partial charge in [0.25, 0.3) is 17.4 Å². The SMILES string of the molecule is COCCCN1C(=O)C(=O)/C(=C(\O)c2ccc([N+](=O)[O-])cc2)C1c1ccccn1.